The van der Waals surface area contributed by atoms with Gasteiger partial charge in [0.15, 0.2) is 5.13 Å². The molecule has 94 valence electrons. The summed E-state index contributed by atoms with van der Waals surface area (Å²) in [5.74, 6) is -0.103. The van der Waals surface area contributed by atoms with Gasteiger partial charge in [-0.2, -0.15) is 0 Å². The van der Waals surface area contributed by atoms with Gasteiger partial charge in [0.25, 0.3) is 0 Å². The Balaban J connectivity index is 1.58. The number of aromatic nitrogens is 1. The fraction of sp³-hybridized carbons (Fsp3) is 0.583. The van der Waals surface area contributed by atoms with Gasteiger partial charge in [0.2, 0.25) is 5.91 Å². The summed E-state index contributed by atoms with van der Waals surface area (Å²) in [7, 11) is 0. The highest BCUT2D eigenvalue weighted by Crippen LogP contribution is 2.57. The Morgan fingerprint density at radius 2 is 2.39 bits per heavy atom. The average molecular weight is 264 g/mol. The van der Waals surface area contributed by atoms with Gasteiger partial charge in [-0.25, -0.2) is 4.98 Å². The molecule has 2 bridgehead atoms. The van der Waals surface area contributed by atoms with Crippen molar-refractivity contribution < 1.29 is 14.3 Å². The van der Waals surface area contributed by atoms with E-state index in [9.17, 15) is 9.59 Å². The number of thiazole rings is 1. The molecule has 18 heavy (non-hydrogen) atoms. The van der Waals surface area contributed by atoms with Gasteiger partial charge >= 0.3 is 5.97 Å². The van der Waals surface area contributed by atoms with Crippen molar-refractivity contribution in [2.75, 3.05) is 5.32 Å². The summed E-state index contributed by atoms with van der Waals surface area (Å²) >= 11 is 1.39. The van der Waals surface area contributed by atoms with E-state index < -0.39 is 0 Å². The van der Waals surface area contributed by atoms with E-state index in [-0.39, 0.29) is 35.7 Å². The normalized spacial score (nSPS) is 40.0. The van der Waals surface area contributed by atoms with Crippen molar-refractivity contribution in [3.63, 3.8) is 0 Å². The van der Waals surface area contributed by atoms with Crippen LogP contribution in [0.25, 0.3) is 0 Å². The van der Waals surface area contributed by atoms with E-state index in [4.69, 9.17) is 4.74 Å². The zero-order chi connectivity index (χ0) is 12.3. The number of hydrogen-bond acceptors (Lipinski definition) is 5. The number of amides is 1. The predicted octanol–water partition coefficient (Wildman–Crippen LogP) is 1.28. The lowest BCUT2D eigenvalue weighted by molar-refractivity contribution is -0.145. The van der Waals surface area contributed by atoms with Crippen LogP contribution in [0, 0.1) is 23.7 Å². The molecule has 5 atom stereocenters. The molecule has 0 aromatic carbocycles. The molecule has 2 saturated carbocycles. The van der Waals surface area contributed by atoms with Gasteiger partial charge in [0.05, 0.1) is 11.8 Å². The summed E-state index contributed by atoms with van der Waals surface area (Å²) in [5.41, 5.74) is 0. The number of nitrogens with one attached hydrogen (secondary N) is 1. The summed E-state index contributed by atoms with van der Waals surface area (Å²) in [5, 5.41) is 5.23. The lowest BCUT2D eigenvalue weighted by Gasteiger charge is -2.22. The minimum absolute atomic E-state index is 0.0697. The largest absolute Gasteiger partial charge is 0.462 e. The van der Waals surface area contributed by atoms with Crippen molar-refractivity contribution in [1.82, 2.24) is 4.98 Å². The molecule has 2 heterocycles. The molecule has 1 aromatic heterocycles. The third-order valence-electron chi connectivity index (χ3n) is 4.45. The fourth-order valence-electron chi connectivity index (χ4n) is 3.84. The van der Waals surface area contributed by atoms with E-state index in [0.29, 0.717) is 11.0 Å². The lowest BCUT2D eigenvalue weighted by atomic mass is 9.79. The van der Waals surface area contributed by atoms with Crippen LogP contribution < -0.4 is 5.32 Å². The summed E-state index contributed by atoms with van der Waals surface area (Å²) in [6.07, 6.45) is 3.54. The SMILES string of the molecule is O=C(Nc1nccs1)[C@H]1[C@H]2C[C@@H]3[C@@H]1C(=O)O[C@H]3C2. The van der Waals surface area contributed by atoms with Crippen LogP contribution in [0.2, 0.25) is 0 Å². The smallest absolute Gasteiger partial charge is 0.310 e. The van der Waals surface area contributed by atoms with Crippen molar-refractivity contribution >= 4 is 28.3 Å². The van der Waals surface area contributed by atoms with Crippen LogP contribution in [0.5, 0.6) is 0 Å². The zero-order valence-electron chi connectivity index (χ0n) is 9.54. The highest BCUT2D eigenvalue weighted by molar-refractivity contribution is 7.13. The third kappa shape index (κ3) is 1.29. The highest BCUT2D eigenvalue weighted by Gasteiger charge is 2.63. The average Bonchev–Trinajstić information content (AvgIpc) is 3.02. The van der Waals surface area contributed by atoms with Crippen LogP contribution in [0.3, 0.4) is 0 Å². The van der Waals surface area contributed by atoms with E-state index in [2.05, 4.69) is 10.3 Å². The maximum Gasteiger partial charge on any atom is 0.310 e. The Hall–Kier alpha value is -1.43. The molecule has 1 aliphatic heterocycles. The Morgan fingerprint density at radius 1 is 1.50 bits per heavy atom. The number of anilines is 1. The molecule has 1 saturated heterocycles. The molecule has 6 heteroatoms. The van der Waals surface area contributed by atoms with Crippen LogP contribution >= 0.6 is 11.3 Å². The van der Waals surface area contributed by atoms with Gasteiger partial charge in [0, 0.05) is 17.5 Å². The van der Waals surface area contributed by atoms with Gasteiger partial charge < -0.3 is 10.1 Å². The van der Waals surface area contributed by atoms with E-state index in [1.54, 1.807) is 6.20 Å². The second-order valence-corrected chi connectivity index (χ2v) is 6.14. The van der Waals surface area contributed by atoms with Crippen LogP contribution in [0.15, 0.2) is 11.6 Å². The van der Waals surface area contributed by atoms with Gasteiger partial charge in [-0.3, -0.25) is 9.59 Å². The molecule has 4 rings (SSSR count). The molecular weight excluding hydrogens is 252 g/mol. The first-order valence-electron chi connectivity index (χ1n) is 6.15. The molecule has 5 nitrogen and oxygen atoms in total. The van der Waals surface area contributed by atoms with E-state index >= 15 is 0 Å². The molecule has 0 radical (unpaired) electrons. The Morgan fingerprint density at radius 3 is 3.17 bits per heavy atom. The number of carbonyl (C=O) groups is 2. The van der Waals surface area contributed by atoms with Crippen molar-refractivity contribution in [1.29, 1.82) is 0 Å². The van der Waals surface area contributed by atoms with Gasteiger partial charge in [-0.15, -0.1) is 11.3 Å². The number of ether oxygens (including phenoxy) is 1. The first kappa shape index (κ1) is 10.5. The maximum absolute atomic E-state index is 12.3. The Kier molecular flexibility index (Phi) is 2.06. The molecule has 3 fully saturated rings. The summed E-state index contributed by atoms with van der Waals surface area (Å²) in [6, 6.07) is 0. The number of nitrogens with zero attached hydrogens (tertiary/aromatic N) is 1. The standard InChI is InChI=1S/C12H12N2O3S/c15-10(14-12-13-1-2-18-12)8-5-3-6-7(4-5)17-11(16)9(6)8/h1-2,5-9H,3-4H2,(H,13,14,15)/t5-,6-,7-,8-,9-/m0/s1. The van der Waals surface area contributed by atoms with Crippen LogP contribution in [0.1, 0.15) is 12.8 Å². The van der Waals surface area contributed by atoms with Crippen molar-refractivity contribution in [3.05, 3.63) is 11.6 Å². The molecular formula is C12H12N2O3S. The van der Waals surface area contributed by atoms with E-state index in [1.165, 1.54) is 11.3 Å². The quantitative estimate of drug-likeness (QED) is 0.817. The second-order valence-electron chi connectivity index (χ2n) is 5.25. The number of carbonyl (C=O) groups excluding carboxylic acids is 2. The first-order valence-corrected chi connectivity index (χ1v) is 7.03. The van der Waals surface area contributed by atoms with E-state index in [1.807, 2.05) is 5.38 Å². The molecule has 0 unspecified atom stereocenters. The van der Waals surface area contributed by atoms with Crippen LogP contribution in [-0.4, -0.2) is 23.0 Å². The molecule has 1 N–H and O–H groups in total. The molecule has 2 aliphatic carbocycles. The van der Waals surface area contributed by atoms with Crippen molar-refractivity contribution in [3.8, 4) is 0 Å². The van der Waals surface area contributed by atoms with Crippen molar-refractivity contribution in [2.24, 2.45) is 23.7 Å². The van der Waals surface area contributed by atoms with Gasteiger partial charge in [-0.05, 0) is 18.8 Å². The van der Waals surface area contributed by atoms with E-state index in [0.717, 1.165) is 12.8 Å². The van der Waals surface area contributed by atoms with Crippen LogP contribution in [-0.2, 0) is 14.3 Å². The molecule has 3 aliphatic rings. The number of esters is 1. The lowest BCUT2D eigenvalue weighted by Crippen LogP contribution is -2.35. The molecule has 1 aromatic rings. The highest BCUT2D eigenvalue weighted by atomic mass is 32.1. The van der Waals surface area contributed by atoms with Crippen molar-refractivity contribution in [2.45, 2.75) is 18.9 Å². The topological polar surface area (TPSA) is 68.3 Å². The number of hydrogen-bond donors (Lipinski definition) is 1. The maximum atomic E-state index is 12.3. The third-order valence-corrected chi connectivity index (χ3v) is 5.14. The fourth-order valence-corrected chi connectivity index (χ4v) is 4.37. The monoisotopic (exact) mass is 264 g/mol. The minimum Gasteiger partial charge on any atom is -0.462 e. The summed E-state index contributed by atoms with van der Waals surface area (Å²) in [6.45, 7) is 0. The molecule has 1 amide bonds. The number of rotatable bonds is 2. The Bertz CT molecular complexity index is 513. The van der Waals surface area contributed by atoms with Gasteiger partial charge in [0.1, 0.15) is 6.10 Å². The predicted molar refractivity (Wildman–Crippen MR) is 63.8 cm³/mol. The summed E-state index contributed by atoms with van der Waals surface area (Å²) < 4.78 is 5.32. The first-order chi connectivity index (χ1) is 8.74. The minimum atomic E-state index is -0.217. The Labute approximate surface area is 108 Å². The summed E-state index contributed by atoms with van der Waals surface area (Å²) in [4.78, 5) is 28.1. The van der Waals surface area contributed by atoms with Gasteiger partial charge in [-0.1, -0.05) is 0 Å². The molecule has 0 spiro atoms. The number of fused-ring (bicyclic) bond motifs is 1. The zero-order valence-corrected chi connectivity index (χ0v) is 10.4. The second kappa shape index (κ2) is 3.54. The van der Waals surface area contributed by atoms with Crippen LogP contribution in [0.4, 0.5) is 5.13 Å².